The highest BCUT2D eigenvalue weighted by atomic mass is 79.9. The van der Waals surface area contributed by atoms with Gasteiger partial charge in [0.15, 0.2) is 0 Å². The van der Waals surface area contributed by atoms with Gasteiger partial charge in [-0.2, -0.15) is 0 Å². The number of carbonyl (C=O) groups excluding carboxylic acids is 3. The van der Waals surface area contributed by atoms with Crippen molar-refractivity contribution in [3.63, 3.8) is 0 Å². The lowest BCUT2D eigenvalue weighted by Gasteiger charge is -2.32. The molecule has 1 N–H and O–H groups in total. The van der Waals surface area contributed by atoms with E-state index in [1.807, 2.05) is 61.5 Å². The zero-order valence-corrected chi connectivity index (χ0v) is 24.7. The molecule has 40 heavy (non-hydrogen) atoms. The van der Waals surface area contributed by atoms with Crippen LogP contribution in [0.2, 0.25) is 0 Å². The number of nitrogens with zero attached hydrogens (tertiary/aromatic N) is 2. The van der Waals surface area contributed by atoms with Crippen LogP contribution in [0.5, 0.6) is 0 Å². The van der Waals surface area contributed by atoms with Crippen molar-refractivity contribution in [2.75, 3.05) is 13.1 Å². The average molecular weight is 627 g/mol. The molecule has 210 valence electrons. The number of carbonyl (C=O) groups is 3. The van der Waals surface area contributed by atoms with Gasteiger partial charge in [-0.05, 0) is 41.8 Å². The van der Waals surface area contributed by atoms with Crippen molar-refractivity contribution < 1.29 is 22.8 Å². The maximum atomic E-state index is 13.8. The molecular weight excluding hydrogens is 594 g/mol. The van der Waals surface area contributed by atoms with E-state index in [0.717, 1.165) is 32.7 Å². The monoisotopic (exact) mass is 625 g/mol. The van der Waals surface area contributed by atoms with Crippen LogP contribution >= 0.6 is 15.9 Å². The van der Waals surface area contributed by atoms with Crippen LogP contribution in [0.25, 0.3) is 0 Å². The average Bonchev–Trinajstić information content (AvgIpc) is 3.15. The van der Waals surface area contributed by atoms with Crippen LogP contribution in [0.4, 0.5) is 0 Å². The van der Waals surface area contributed by atoms with Crippen molar-refractivity contribution >= 4 is 43.7 Å². The summed E-state index contributed by atoms with van der Waals surface area (Å²) in [7, 11) is -4.05. The second kappa shape index (κ2) is 13.2. The fraction of sp³-hybridized carbons (Fsp3) is 0.300. The van der Waals surface area contributed by atoms with Crippen molar-refractivity contribution in [1.29, 1.82) is 0 Å². The van der Waals surface area contributed by atoms with E-state index in [9.17, 15) is 22.8 Å². The lowest BCUT2D eigenvalue weighted by Crippen LogP contribution is -2.51. The maximum Gasteiger partial charge on any atom is 0.269 e. The van der Waals surface area contributed by atoms with Crippen molar-refractivity contribution in [2.45, 2.75) is 50.1 Å². The first-order chi connectivity index (χ1) is 19.2. The molecule has 3 aromatic carbocycles. The molecule has 8 nitrogen and oxygen atoms in total. The van der Waals surface area contributed by atoms with Crippen LogP contribution in [0, 0.1) is 0 Å². The number of halogens is 1. The first-order valence-corrected chi connectivity index (χ1v) is 15.5. The third-order valence-electron chi connectivity index (χ3n) is 6.81. The number of hydrogen-bond acceptors (Lipinski definition) is 5. The molecule has 0 saturated heterocycles. The summed E-state index contributed by atoms with van der Waals surface area (Å²) in [6.45, 7) is 2.34. The third kappa shape index (κ3) is 6.79. The lowest BCUT2D eigenvalue weighted by atomic mass is 10.0. The summed E-state index contributed by atoms with van der Waals surface area (Å²) in [5, 5.41) is 2.96. The smallest absolute Gasteiger partial charge is 0.269 e. The number of hydrogen-bond donors (Lipinski definition) is 1. The predicted molar refractivity (Wildman–Crippen MR) is 156 cm³/mol. The molecule has 0 aliphatic carbocycles. The fourth-order valence-corrected chi connectivity index (χ4v) is 6.47. The van der Waals surface area contributed by atoms with Gasteiger partial charge in [0.1, 0.15) is 10.9 Å². The predicted octanol–water partition coefficient (Wildman–Crippen LogP) is 4.54. The van der Waals surface area contributed by atoms with Gasteiger partial charge in [0.05, 0.1) is 5.56 Å². The molecule has 4 rings (SSSR count). The standard InChI is InChI=1S/C30H32BrN3O5S/c1-2-3-18-32-29(36)26(20-22-9-5-4-6-10-22)33(21-23-13-15-24(31)16-14-23)28(35)17-19-34-30(37)25-11-7-8-12-27(25)40(34,38)39/h4-16,26H,2-3,17-21H2,1H3,(H,32,36)/t26-/m1/s1. The Morgan fingerprint density at radius 3 is 2.30 bits per heavy atom. The van der Waals surface area contributed by atoms with E-state index in [4.69, 9.17) is 0 Å². The van der Waals surface area contributed by atoms with E-state index in [2.05, 4.69) is 21.2 Å². The Morgan fingerprint density at radius 2 is 1.62 bits per heavy atom. The second-order valence-electron chi connectivity index (χ2n) is 9.63. The van der Waals surface area contributed by atoms with E-state index in [-0.39, 0.29) is 42.3 Å². The first kappa shape index (κ1) is 29.5. The van der Waals surface area contributed by atoms with Gasteiger partial charge >= 0.3 is 0 Å². The quantitative estimate of drug-likeness (QED) is 0.298. The van der Waals surface area contributed by atoms with Crippen LogP contribution in [0.15, 0.2) is 88.2 Å². The summed E-state index contributed by atoms with van der Waals surface area (Å²) in [6, 6.07) is 22.1. The van der Waals surface area contributed by atoms with E-state index >= 15 is 0 Å². The number of benzene rings is 3. The Morgan fingerprint density at radius 1 is 0.950 bits per heavy atom. The van der Waals surface area contributed by atoms with Crippen molar-refractivity contribution in [2.24, 2.45) is 0 Å². The summed E-state index contributed by atoms with van der Waals surface area (Å²) >= 11 is 3.42. The van der Waals surface area contributed by atoms with Crippen LogP contribution < -0.4 is 5.32 Å². The Labute approximate surface area is 243 Å². The van der Waals surface area contributed by atoms with Gasteiger partial charge < -0.3 is 10.2 Å². The molecule has 0 spiro atoms. The fourth-order valence-electron chi connectivity index (χ4n) is 4.64. The molecule has 1 heterocycles. The minimum atomic E-state index is -4.05. The highest BCUT2D eigenvalue weighted by Gasteiger charge is 2.41. The normalized spacial score (nSPS) is 14.4. The zero-order valence-electron chi connectivity index (χ0n) is 22.3. The van der Waals surface area contributed by atoms with Gasteiger partial charge in [0.25, 0.3) is 15.9 Å². The lowest BCUT2D eigenvalue weighted by molar-refractivity contribution is -0.141. The largest absolute Gasteiger partial charge is 0.354 e. The molecule has 1 aliphatic heterocycles. The van der Waals surface area contributed by atoms with Crippen LogP contribution in [0.1, 0.15) is 47.7 Å². The van der Waals surface area contributed by atoms with Crippen molar-refractivity contribution in [3.8, 4) is 0 Å². The van der Waals surface area contributed by atoms with Gasteiger partial charge in [-0.15, -0.1) is 0 Å². The van der Waals surface area contributed by atoms with E-state index in [1.165, 1.54) is 17.0 Å². The van der Waals surface area contributed by atoms with E-state index in [1.54, 1.807) is 12.1 Å². The molecule has 0 bridgehead atoms. The van der Waals surface area contributed by atoms with Gasteiger partial charge in [-0.1, -0.05) is 83.9 Å². The summed E-state index contributed by atoms with van der Waals surface area (Å²) in [5.41, 5.74) is 1.80. The molecule has 0 unspecified atom stereocenters. The topological polar surface area (TPSA) is 104 Å². The molecule has 0 saturated carbocycles. The number of rotatable bonds is 12. The van der Waals surface area contributed by atoms with Crippen LogP contribution in [0.3, 0.4) is 0 Å². The Bertz CT molecular complexity index is 1460. The van der Waals surface area contributed by atoms with Crippen molar-refractivity contribution in [3.05, 3.63) is 100 Å². The molecule has 3 amide bonds. The Balaban J connectivity index is 1.62. The number of nitrogens with one attached hydrogen (secondary N) is 1. The highest BCUT2D eigenvalue weighted by molar-refractivity contribution is 9.10. The summed E-state index contributed by atoms with van der Waals surface area (Å²) in [4.78, 5) is 41.7. The molecule has 0 fully saturated rings. The van der Waals surface area contributed by atoms with Gasteiger partial charge in [-0.25, -0.2) is 12.7 Å². The molecule has 0 aromatic heterocycles. The Hall–Kier alpha value is -3.50. The molecule has 1 atom stereocenters. The molecule has 0 radical (unpaired) electrons. The number of amides is 3. The maximum absolute atomic E-state index is 13.8. The number of fused-ring (bicyclic) bond motifs is 1. The molecule has 3 aromatic rings. The van der Waals surface area contributed by atoms with Gasteiger partial charge in [-0.3, -0.25) is 14.4 Å². The number of sulfonamides is 1. The molecule has 10 heteroatoms. The SMILES string of the molecule is CCCCNC(=O)[C@@H](Cc1ccccc1)N(Cc1ccc(Br)cc1)C(=O)CCN1C(=O)c2ccccc2S1(=O)=O. The zero-order chi connectivity index (χ0) is 28.7. The molecular formula is C30H32BrN3O5S. The summed E-state index contributed by atoms with van der Waals surface area (Å²) in [6.07, 6.45) is 1.74. The van der Waals surface area contributed by atoms with Gasteiger partial charge in [0.2, 0.25) is 11.8 Å². The third-order valence-corrected chi connectivity index (χ3v) is 9.18. The minimum Gasteiger partial charge on any atom is -0.354 e. The second-order valence-corrected chi connectivity index (χ2v) is 12.4. The molecule has 1 aliphatic rings. The summed E-state index contributed by atoms with van der Waals surface area (Å²) in [5.74, 6) is -1.35. The summed E-state index contributed by atoms with van der Waals surface area (Å²) < 4.78 is 27.7. The van der Waals surface area contributed by atoms with E-state index < -0.39 is 27.9 Å². The Kier molecular flexibility index (Phi) is 9.76. The number of unbranched alkanes of at least 4 members (excludes halogenated alkanes) is 1. The minimum absolute atomic E-state index is 0.0589. The van der Waals surface area contributed by atoms with E-state index in [0.29, 0.717) is 6.54 Å². The highest BCUT2D eigenvalue weighted by Crippen LogP contribution is 2.30. The van der Waals surface area contributed by atoms with Crippen LogP contribution in [-0.4, -0.2) is 54.5 Å². The van der Waals surface area contributed by atoms with Crippen molar-refractivity contribution in [1.82, 2.24) is 14.5 Å². The first-order valence-electron chi connectivity index (χ1n) is 13.2. The van der Waals surface area contributed by atoms with Gasteiger partial charge in [0, 0.05) is 36.9 Å². The van der Waals surface area contributed by atoms with Crippen LogP contribution in [-0.2, 0) is 32.6 Å².